The molecule has 0 radical (unpaired) electrons. The summed E-state index contributed by atoms with van der Waals surface area (Å²) < 4.78 is 5.81. The van der Waals surface area contributed by atoms with E-state index in [1.54, 1.807) is 0 Å². The lowest BCUT2D eigenvalue weighted by Gasteiger charge is -2.13. The van der Waals surface area contributed by atoms with Crippen molar-refractivity contribution in [3.63, 3.8) is 0 Å². The van der Waals surface area contributed by atoms with Gasteiger partial charge < -0.3 is 14.7 Å². The van der Waals surface area contributed by atoms with Crippen LogP contribution in [0.25, 0.3) is 0 Å². The quantitative estimate of drug-likeness (QED) is 0.678. The van der Waals surface area contributed by atoms with Crippen LogP contribution in [0.2, 0.25) is 0 Å². The zero-order valence-corrected chi connectivity index (χ0v) is 8.86. The average molecular weight is 221 g/mol. The normalized spacial score (nSPS) is 21.6. The van der Waals surface area contributed by atoms with Gasteiger partial charge in [0.1, 0.15) is 6.10 Å². The Bertz CT molecular complexity index is 222. The number of hydrogen-bond acceptors (Lipinski definition) is 4. The van der Waals surface area contributed by atoms with E-state index in [9.17, 15) is 4.79 Å². The summed E-state index contributed by atoms with van der Waals surface area (Å²) in [6, 6.07) is 0. The number of hydrogen-bond donors (Lipinski definition) is 1. The molecule has 0 bridgehead atoms. The van der Waals surface area contributed by atoms with E-state index in [1.165, 1.54) is 16.7 Å². The van der Waals surface area contributed by atoms with Crippen LogP contribution >= 0.6 is 24.0 Å². The third-order valence-electron chi connectivity index (χ3n) is 1.85. The first-order chi connectivity index (χ1) is 6.13. The smallest absolute Gasteiger partial charge is 0.407 e. The van der Waals surface area contributed by atoms with Gasteiger partial charge in [-0.05, 0) is 18.5 Å². The van der Waals surface area contributed by atoms with Gasteiger partial charge in [0.2, 0.25) is 4.38 Å². The number of thiocarbonyl (C=S) groups is 1. The number of carboxylic acid groups (broad SMARTS) is 1. The van der Waals surface area contributed by atoms with Crippen molar-refractivity contribution in [1.82, 2.24) is 4.90 Å². The molecule has 0 aromatic rings. The van der Waals surface area contributed by atoms with Crippen molar-refractivity contribution in [3.05, 3.63) is 0 Å². The molecule has 74 valence electrons. The summed E-state index contributed by atoms with van der Waals surface area (Å²) in [6.45, 7) is 0.965. The van der Waals surface area contributed by atoms with Gasteiger partial charge >= 0.3 is 6.09 Å². The summed E-state index contributed by atoms with van der Waals surface area (Å²) in [4.78, 5) is 11.9. The van der Waals surface area contributed by atoms with Gasteiger partial charge in [-0.25, -0.2) is 4.79 Å². The molecular weight excluding hydrogens is 210 g/mol. The maximum absolute atomic E-state index is 10.5. The second-order valence-electron chi connectivity index (χ2n) is 2.71. The Hall–Kier alpha value is -0.490. The first-order valence-corrected chi connectivity index (χ1v) is 5.49. The average Bonchev–Trinajstić information content (AvgIpc) is 2.52. The first kappa shape index (κ1) is 10.6. The van der Waals surface area contributed by atoms with Gasteiger partial charge in [0.25, 0.3) is 0 Å². The van der Waals surface area contributed by atoms with E-state index < -0.39 is 6.09 Å². The van der Waals surface area contributed by atoms with Crippen molar-refractivity contribution >= 4 is 34.5 Å². The number of carbonyl (C=O) groups is 1. The van der Waals surface area contributed by atoms with Crippen molar-refractivity contribution in [3.8, 4) is 0 Å². The van der Waals surface area contributed by atoms with Crippen LogP contribution in [0.1, 0.15) is 6.42 Å². The van der Waals surface area contributed by atoms with Gasteiger partial charge in [-0.15, -0.1) is 0 Å². The summed E-state index contributed by atoms with van der Waals surface area (Å²) in [7, 11) is 0. The monoisotopic (exact) mass is 221 g/mol. The van der Waals surface area contributed by atoms with E-state index >= 15 is 0 Å². The van der Waals surface area contributed by atoms with Crippen LogP contribution in [0.15, 0.2) is 0 Å². The third-order valence-corrected chi connectivity index (χ3v) is 2.87. The molecule has 1 rings (SSSR count). The van der Waals surface area contributed by atoms with Gasteiger partial charge in [-0.2, -0.15) is 0 Å². The summed E-state index contributed by atoms with van der Waals surface area (Å²) in [6.07, 6.45) is 1.62. The van der Waals surface area contributed by atoms with E-state index in [-0.39, 0.29) is 6.10 Å². The van der Waals surface area contributed by atoms with Crippen LogP contribution < -0.4 is 0 Å². The van der Waals surface area contributed by atoms with Crippen LogP contribution in [0, 0.1) is 0 Å². The summed E-state index contributed by atoms with van der Waals surface area (Å²) in [5.74, 6) is 0. The first-order valence-electron chi connectivity index (χ1n) is 3.86. The lowest BCUT2D eigenvalue weighted by Crippen LogP contribution is -2.28. The van der Waals surface area contributed by atoms with Gasteiger partial charge in [0.15, 0.2) is 0 Å². The van der Waals surface area contributed by atoms with Crippen molar-refractivity contribution in [2.75, 3.05) is 19.3 Å². The summed E-state index contributed by atoms with van der Waals surface area (Å²) in [5, 5.41) is 8.65. The lowest BCUT2D eigenvalue weighted by atomic mass is 10.3. The van der Waals surface area contributed by atoms with Crippen LogP contribution in [0.5, 0.6) is 0 Å². The molecule has 1 aliphatic heterocycles. The summed E-state index contributed by atoms with van der Waals surface area (Å²) >= 11 is 6.24. The van der Waals surface area contributed by atoms with Crippen LogP contribution in [0.4, 0.5) is 4.79 Å². The molecule has 1 amide bonds. The number of amides is 1. The SMILES string of the molecule is CSC(=S)O[C@H]1CCN(C(=O)O)C1. The van der Waals surface area contributed by atoms with Gasteiger partial charge in [-0.3, -0.25) is 0 Å². The molecule has 0 aromatic heterocycles. The van der Waals surface area contributed by atoms with Crippen molar-refractivity contribution in [2.45, 2.75) is 12.5 Å². The molecule has 1 aliphatic rings. The molecule has 4 nitrogen and oxygen atoms in total. The molecular formula is C7H11NO3S2. The van der Waals surface area contributed by atoms with Crippen molar-refractivity contribution in [1.29, 1.82) is 0 Å². The zero-order chi connectivity index (χ0) is 9.84. The lowest BCUT2D eigenvalue weighted by molar-refractivity contribution is 0.145. The molecule has 1 N–H and O–H groups in total. The number of rotatable bonds is 1. The molecule has 6 heteroatoms. The maximum Gasteiger partial charge on any atom is 0.407 e. The molecule has 1 saturated heterocycles. The molecule has 1 atom stereocenters. The topological polar surface area (TPSA) is 49.8 Å². The Morgan fingerprint density at radius 1 is 1.77 bits per heavy atom. The Morgan fingerprint density at radius 2 is 2.46 bits per heavy atom. The minimum atomic E-state index is -0.888. The third kappa shape index (κ3) is 3.04. The van der Waals surface area contributed by atoms with Crippen LogP contribution in [-0.4, -0.2) is 45.9 Å². The standard InChI is InChI=1S/C7H11NO3S2/c1-13-7(12)11-5-2-3-8(4-5)6(9)10/h5H,2-4H2,1H3,(H,9,10)/t5-/m0/s1. The Kier molecular flexibility index (Phi) is 3.80. The fourth-order valence-electron chi connectivity index (χ4n) is 1.18. The number of likely N-dealkylation sites (tertiary alicyclic amines) is 1. The molecule has 13 heavy (non-hydrogen) atoms. The molecule has 0 unspecified atom stereocenters. The largest absolute Gasteiger partial charge is 0.473 e. The molecule has 1 heterocycles. The number of nitrogens with zero attached hydrogens (tertiary/aromatic N) is 1. The Labute approximate surface area is 86.2 Å². The van der Waals surface area contributed by atoms with Crippen LogP contribution in [0.3, 0.4) is 0 Å². The fraction of sp³-hybridized carbons (Fsp3) is 0.714. The van der Waals surface area contributed by atoms with Gasteiger partial charge in [0.05, 0.1) is 6.54 Å². The Balaban J connectivity index is 2.33. The van der Waals surface area contributed by atoms with E-state index in [0.29, 0.717) is 17.5 Å². The number of thioether (sulfide) groups is 1. The molecule has 1 fully saturated rings. The zero-order valence-electron chi connectivity index (χ0n) is 7.23. The molecule has 0 aromatic carbocycles. The van der Waals surface area contributed by atoms with E-state index in [1.807, 2.05) is 6.26 Å². The minimum absolute atomic E-state index is 0.0592. The van der Waals surface area contributed by atoms with Crippen molar-refractivity contribution < 1.29 is 14.6 Å². The highest BCUT2D eigenvalue weighted by molar-refractivity contribution is 8.22. The Morgan fingerprint density at radius 3 is 2.92 bits per heavy atom. The highest BCUT2D eigenvalue weighted by atomic mass is 32.2. The number of ether oxygens (including phenoxy) is 1. The minimum Gasteiger partial charge on any atom is -0.473 e. The highest BCUT2D eigenvalue weighted by Crippen LogP contribution is 2.15. The predicted molar refractivity (Wildman–Crippen MR) is 55.2 cm³/mol. The maximum atomic E-state index is 10.5. The van der Waals surface area contributed by atoms with Crippen LogP contribution in [-0.2, 0) is 4.74 Å². The van der Waals surface area contributed by atoms with Crippen molar-refractivity contribution in [2.24, 2.45) is 0 Å². The fourth-order valence-corrected chi connectivity index (χ4v) is 1.55. The van der Waals surface area contributed by atoms with E-state index in [2.05, 4.69) is 0 Å². The van der Waals surface area contributed by atoms with Gasteiger partial charge in [-0.1, -0.05) is 11.8 Å². The molecule has 0 saturated carbocycles. The molecule has 0 aliphatic carbocycles. The predicted octanol–water partition coefficient (Wildman–Crippen LogP) is 1.40. The summed E-state index contributed by atoms with van der Waals surface area (Å²) in [5.41, 5.74) is 0. The van der Waals surface area contributed by atoms with E-state index in [4.69, 9.17) is 22.1 Å². The second-order valence-corrected chi connectivity index (χ2v) is 4.12. The van der Waals surface area contributed by atoms with E-state index in [0.717, 1.165) is 6.42 Å². The second kappa shape index (κ2) is 4.66. The molecule has 0 spiro atoms. The highest BCUT2D eigenvalue weighted by Gasteiger charge is 2.27. The van der Waals surface area contributed by atoms with Gasteiger partial charge in [0, 0.05) is 13.0 Å².